The van der Waals surface area contributed by atoms with Crippen LogP contribution >= 0.6 is 24.0 Å². The molecule has 21 heavy (non-hydrogen) atoms. The standard InChI is InChI=1S/C14H20F2N4.HI/c1-3-18-14(17-2)20-8-6-19(7-9-20)13-10-11(15)4-5-12(13)16;/h4-5,10H,3,6-9H2,1-2H3,(H,17,18);1H. The molecule has 118 valence electrons. The topological polar surface area (TPSA) is 30.9 Å². The number of halogens is 3. The van der Waals surface area contributed by atoms with Crippen molar-refractivity contribution in [3.8, 4) is 0 Å². The zero-order valence-corrected chi connectivity index (χ0v) is 14.6. The summed E-state index contributed by atoms with van der Waals surface area (Å²) >= 11 is 0. The van der Waals surface area contributed by atoms with Gasteiger partial charge in [0.2, 0.25) is 0 Å². The van der Waals surface area contributed by atoms with Crippen molar-refractivity contribution in [3.63, 3.8) is 0 Å². The lowest BCUT2D eigenvalue weighted by Gasteiger charge is -2.37. The molecule has 2 rings (SSSR count). The van der Waals surface area contributed by atoms with Gasteiger partial charge in [-0.3, -0.25) is 4.99 Å². The SMILES string of the molecule is CCNC(=NC)N1CCN(c2cc(F)ccc2F)CC1.I. The number of benzene rings is 1. The van der Waals surface area contributed by atoms with Crippen molar-refractivity contribution < 1.29 is 8.78 Å². The van der Waals surface area contributed by atoms with Crippen LogP contribution in [0.2, 0.25) is 0 Å². The maximum atomic E-state index is 13.7. The van der Waals surface area contributed by atoms with Gasteiger partial charge in [-0.15, -0.1) is 24.0 Å². The Balaban J connectivity index is 0.00000220. The summed E-state index contributed by atoms with van der Waals surface area (Å²) < 4.78 is 27.0. The Morgan fingerprint density at radius 1 is 1.24 bits per heavy atom. The van der Waals surface area contributed by atoms with Crippen LogP contribution in [-0.2, 0) is 0 Å². The Morgan fingerprint density at radius 2 is 1.90 bits per heavy atom. The normalized spacial score (nSPS) is 15.7. The maximum Gasteiger partial charge on any atom is 0.193 e. The Hall–Kier alpha value is -1.12. The third kappa shape index (κ3) is 4.42. The lowest BCUT2D eigenvalue weighted by atomic mass is 10.2. The number of nitrogens with zero attached hydrogens (tertiary/aromatic N) is 3. The summed E-state index contributed by atoms with van der Waals surface area (Å²) in [6, 6.07) is 3.57. The average molecular weight is 410 g/mol. The molecular weight excluding hydrogens is 389 g/mol. The van der Waals surface area contributed by atoms with Crippen LogP contribution in [-0.4, -0.2) is 50.6 Å². The van der Waals surface area contributed by atoms with Gasteiger partial charge in [-0.25, -0.2) is 8.78 Å². The van der Waals surface area contributed by atoms with Crippen molar-refractivity contribution >= 4 is 35.6 Å². The van der Waals surface area contributed by atoms with Crippen molar-refractivity contribution in [2.24, 2.45) is 4.99 Å². The molecule has 0 saturated carbocycles. The van der Waals surface area contributed by atoms with Crippen molar-refractivity contribution in [1.29, 1.82) is 0 Å². The quantitative estimate of drug-likeness (QED) is 0.461. The number of guanidine groups is 1. The highest BCUT2D eigenvalue weighted by atomic mass is 127. The molecule has 1 fully saturated rings. The fourth-order valence-electron chi connectivity index (χ4n) is 2.38. The molecule has 0 amide bonds. The predicted molar refractivity (Wildman–Crippen MR) is 92.6 cm³/mol. The van der Waals surface area contributed by atoms with Crippen LogP contribution < -0.4 is 10.2 Å². The summed E-state index contributed by atoms with van der Waals surface area (Å²) in [4.78, 5) is 8.20. The van der Waals surface area contributed by atoms with Gasteiger partial charge >= 0.3 is 0 Å². The first kappa shape index (κ1) is 17.9. The molecule has 1 saturated heterocycles. The Morgan fingerprint density at radius 3 is 2.48 bits per heavy atom. The summed E-state index contributed by atoms with van der Waals surface area (Å²) in [5.41, 5.74) is 0.336. The van der Waals surface area contributed by atoms with E-state index >= 15 is 0 Å². The molecule has 4 nitrogen and oxygen atoms in total. The molecule has 0 aliphatic carbocycles. The van der Waals surface area contributed by atoms with Gasteiger partial charge in [-0.2, -0.15) is 0 Å². The van der Waals surface area contributed by atoms with E-state index in [2.05, 4.69) is 15.2 Å². The Bertz CT molecular complexity index is 488. The molecule has 1 N–H and O–H groups in total. The second-order valence-electron chi connectivity index (χ2n) is 4.65. The molecular formula is C14H21F2IN4. The Kier molecular flexibility index (Phi) is 7.13. The minimum absolute atomic E-state index is 0. The predicted octanol–water partition coefficient (Wildman–Crippen LogP) is 2.30. The van der Waals surface area contributed by atoms with Crippen LogP contribution in [0.3, 0.4) is 0 Å². The van der Waals surface area contributed by atoms with Crippen LogP contribution in [0, 0.1) is 11.6 Å². The summed E-state index contributed by atoms with van der Waals surface area (Å²) in [7, 11) is 1.75. The zero-order valence-electron chi connectivity index (χ0n) is 12.3. The highest BCUT2D eigenvalue weighted by molar-refractivity contribution is 14.0. The molecule has 0 spiro atoms. The number of piperazine rings is 1. The van der Waals surface area contributed by atoms with Crippen LogP contribution in [0.15, 0.2) is 23.2 Å². The van der Waals surface area contributed by atoms with Crippen LogP contribution in [0.25, 0.3) is 0 Å². The molecule has 0 bridgehead atoms. The van der Waals surface area contributed by atoms with Crippen molar-refractivity contribution in [2.45, 2.75) is 6.92 Å². The lowest BCUT2D eigenvalue weighted by Crippen LogP contribution is -2.52. The minimum atomic E-state index is -0.410. The van der Waals surface area contributed by atoms with Crippen molar-refractivity contribution in [3.05, 3.63) is 29.8 Å². The van der Waals surface area contributed by atoms with E-state index in [-0.39, 0.29) is 29.8 Å². The first-order valence-corrected chi connectivity index (χ1v) is 6.81. The molecule has 0 aromatic heterocycles. The van der Waals surface area contributed by atoms with Gasteiger partial charge in [-0.05, 0) is 19.1 Å². The van der Waals surface area contributed by atoms with Gasteiger partial charge in [0.1, 0.15) is 11.6 Å². The number of nitrogens with one attached hydrogen (secondary N) is 1. The number of anilines is 1. The third-order valence-electron chi connectivity index (χ3n) is 3.37. The maximum absolute atomic E-state index is 13.7. The van der Waals surface area contributed by atoms with E-state index in [1.54, 1.807) is 7.05 Å². The minimum Gasteiger partial charge on any atom is -0.366 e. The van der Waals surface area contributed by atoms with E-state index in [0.717, 1.165) is 31.7 Å². The second kappa shape index (κ2) is 8.35. The fourth-order valence-corrected chi connectivity index (χ4v) is 2.38. The number of aliphatic imine (C=N–C) groups is 1. The summed E-state index contributed by atoms with van der Waals surface area (Å²) in [5.74, 6) is 0.0649. The van der Waals surface area contributed by atoms with Gasteiger partial charge in [-0.1, -0.05) is 0 Å². The summed E-state index contributed by atoms with van der Waals surface area (Å²) in [6.45, 7) is 5.58. The van der Waals surface area contributed by atoms with Gasteiger partial charge in [0.15, 0.2) is 5.96 Å². The fraction of sp³-hybridized carbons (Fsp3) is 0.500. The van der Waals surface area contributed by atoms with Crippen LogP contribution in [0.5, 0.6) is 0 Å². The molecule has 1 aliphatic heterocycles. The summed E-state index contributed by atoms with van der Waals surface area (Å²) in [6.07, 6.45) is 0. The number of hydrogen-bond acceptors (Lipinski definition) is 2. The number of hydrogen-bond donors (Lipinski definition) is 1. The molecule has 1 aromatic carbocycles. The van der Waals surface area contributed by atoms with Gasteiger partial charge in [0.05, 0.1) is 5.69 Å². The molecule has 1 aliphatic rings. The van der Waals surface area contributed by atoms with Crippen molar-refractivity contribution in [2.75, 3.05) is 44.7 Å². The lowest BCUT2D eigenvalue weighted by molar-refractivity contribution is 0.371. The summed E-state index contributed by atoms with van der Waals surface area (Å²) in [5, 5.41) is 3.20. The monoisotopic (exact) mass is 410 g/mol. The van der Waals surface area contributed by atoms with Gasteiger partial charge < -0.3 is 15.1 Å². The van der Waals surface area contributed by atoms with Crippen molar-refractivity contribution in [1.82, 2.24) is 10.2 Å². The second-order valence-corrected chi connectivity index (χ2v) is 4.65. The van der Waals surface area contributed by atoms with E-state index in [0.29, 0.717) is 18.8 Å². The van der Waals surface area contributed by atoms with E-state index in [1.807, 2.05) is 11.8 Å². The first-order valence-electron chi connectivity index (χ1n) is 6.81. The smallest absolute Gasteiger partial charge is 0.193 e. The largest absolute Gasteiger partial charge is 0.366 e. The van der Waals surface area contributed by atoms with Gasteiger partial charge in [0, 0.05) is 45.8 Å². The van der Waals surface area contributed by atoms with E-state index < -0.39 is 5.82 Å². The van der Waals surface area contributed by atoms with E-state index in [4.69, 9.17) is 0 Å². The molecule has 0 radical (unpaired) electrons. The molecule has 1 aromatic rings. The molecule has 7 heteroatoms. The van der Waals surface area contributed by atoms with Crippen LogP contribution in [0.1, 0.15) is 6.92 Å². The molecule has 1 heterocycles. The molecule has 0 unspecified atom stereocenters. The van der Waals surface area contributed by atoms with E-state index in [1.165, 1.54) is 12.1 Å². The third-order valence-corrected chi connectivity index (χ3v) is 3.37. The van der Waals surface area contributed by atoms with E-state index in [9.17, 15) is 8.78 Å². The zero-order chi connectivity index (χ0) is 14.5. The first-order chi connectivity index (χ1) is 9.65. The number of rotatable bonds is 2. The molecule has 0 atom stereocenters. The Labute approximate surface area is 141 Å². The average Bonchev–Trinajstić information content (AvgIpc) is 2.47. The highest BCUT2D eigenvalue weighted by Crippen LogP contribution is 2.21. The van der Waals surface area contributed by atoms with Crippen LogP contribution in [0.4, 0.5) is 14.5 Å². The van der Waals surface area contributed by atoms with Gasteiger partial charge in [0.25, 0.3) is 0 Å². The highest BCUT2D eigenvalue weighted by Gasteiger charge is 2.21.